The molecule has 2 aliphatic rings. The van der Waals surface area contributed by atoms with Crippen molar-refractivity contribution in [2.24, 2.45) is 0 Å². The molecule has 3 rings (SSSR count). The van der Waals surface area contributed by atoms with E-state index in [0.29, 0.717) is 12.3 Å². The van der Waals surface area contributed by atoms with Crippen LogP contribution in [0.1, 0.15) is 19.8 Å². The third kappa shape index (κ3) is 3.62. The Morgan fingerprint density at radius 3 is 2.96 bits per heavy atom. The zero-order valence-electron chi connectivity index (χ0n) is 14.6. The van der Waals surface area contributed by atoms with Crippen LogP contribution in [-0.4, -0.2) is 60.5 Å². The van der Waals surface area contributed by atoms with Gasteiger partial charge >= 0.3 is 0 Å². The van der Waals surface area contributed by atoms with E-state index in [1.807, 2.05) is 6.92 Å². The molecule has 0 spiro atoms. The van der Waals surface area contributed by atoms with Gasteiger partial charge in [-0.25, -0.2) is 0 Å². The highest BCUT2D eigenvalue weighted by Crippen LogP contribution is 2.35. The fraction of sp³-hybridized carbons (Fsp3) is 0.529. The Labute approximate surface area is 151 Å². The van der Waals surface area contributed by atoms with Crippen molar-refractivity contribution in [3.05, 3.63) is 28.3 Å². The molecule has 0 aliphatic carbocycles. The van der Waals surface area contributed by atoms with E-state index >= 15 is 0 Å². The summed E-state index contributed by atoms with van der Waals surface area (Å²) in [7, 11) is 0. The van der Waals surface area contributed by atoms with E-state index in [-0.39, 0.29) is 42.4 Å². The largest absolute Gasteiger partial charge is 0.482 e. The third-order valence-electron chi connectivity index (χ3n) is 4.65. The number of nitro benzene ring substituents is 1. The minimum Gasteiger partial charge on any atom is -0.482 e. The maximum Gasteiger partial charge on any atom is 0.271 e. The van der Waals surface area contributed by atoms with Gasteiger partial charge in [0.25, 0.3) is 11.6 Å². The molecule has 2 aliphatic heterocycles. The molecule has 2 heterocycles. The molecule has 1 saturated heterocycles. The molecule has 9 nitrogen and oxygen atoms in total. The molecule has 26 heavy (non-hydrogen) atoms. The van der Waals surface area contributed by atoms with E-state index in [1.54, 1.807) is 4.90 Å². The fourth-order valence-corrected chi connectivity index (χ4v) is 3.36. The quantitative estimate of drug-likeness (QED) is 0.596. The predicted molar refractivity (Wildman–Crippen MR) is 94.2 cm³/mol. The summed E-state index contributed by atoms with van der Waals surface area (Å²) in [6, 6.07) is 4.17. The van der Waals surface area contributed by atoms with E-state index in [0.717, 1.165) is 25.9 Å². The number of fused-ring (bicyclic) bond motifs is 1. The van der Waals surface area contributed by atoms with Crippen LogP contribution in [0.4, 0.5) is 11.4 Å². The van der Waals surface area contributed by atoms with Crippen molar-refractivity contribution in [1.29, 1.82) is 0 Å². The van der Waals surface area contributed by atoms with Gasteiger partial charge < -0.3 is 15.0 Å². The summed E-state index contributed by atoms with van der Waals surface area (Å²) in [5.41, 5.74) is 0.120. The second-order valence-corrected chi connectivity index (χ2v) is 6.41. The Hall–Kier alpha value is -2.68. The zero-order valence-corrected chi connectivity index (χ0v) is 14.6. The molecule has 1 aromatic carbocycles. The number of amides is 2. The van der Waals surface area contributed by atoms with Gasteiger partial charge in [-0.1, -0.05) is 6.92 Å². The summed E-state index contributed by atoms with van der Waals surface area (Å²) in [6.07, 6.45) is 1.70. The van der Waals surface area contributed by atoms with Gasteiger partial charge in [-0.05, 0) is 25.5 Å². The van der Waals surface area contributed by atoms with Gasteiger partial charge in [0.2, 0.25) is 5.91 Å². The highest BCUT2D eigenvalue weighted by atomic mass is 16.6. The molecule has 1 N–H and O–H groups in total. The van der Waals surface area contributed by atoms with Crippen LogP contribution in [0.2, 0.25) is 0 Å². The number of non-ortho nitro benzene ring substituents is 1. The summed E-state index contributed by atoms with van der Waals surface area (Å²) in [4.78, 5) is 38.8. The van der Waals surface area contributed by atoms with Crippen LogP contribution in [0.3, 0.4) is 0 Å². The average Bonchev–Trinajstić information content (AvgIpc) is 3.15. The van der Waals surface area contributed by atoms with Gasteiger partial charge in [-0.3, -0.25) is 24.6 Å². The summed E-state index contributed by atoms with van der Waals surface area (Å²) in [5.74, 6) is -0.173. The lowest BCUT2D eigenvalue weighted by atomic mass is 10.1. The van der Waals surface area contributed by atoms with Gasteiger partial charge in [-0.2, -0.15) is 0 Å². The molecule has 140 valence electrons. The monoisotopic (exact) mass is 362 g/mol. The lowest BCUT2D eigenvalue weighted by molar-refractivity contribution is -0.384. The van der Waals surface area contributed by atoms with Crippen LogP contribution in [0.25, 0.3) is 0 Å². The fourth-order valence-electron chi connectivity index (χ4n) is 3.36. The highest BCUT2D eigenvalue weighted by molar-refractivity contribution is 6.02. The number of benzene rings is 1. The van der Waals surface area contributed by atoms with Crippen molar-refractivity contribution >= 4 is 23.2 Å². The van der Waals surface area contributed by atoms with Crippen molar-refractivity contribution in [1.82, 2.24) is 10.2 Å². The lowest BCUT2D eigenvalue weighted by Crippen LogP contribution is -2.50. The van der Waals surface area contributed by atoms with Crippen molar-refractivity contribution in [3.63, 3.8) is 0 Å². The van der Waals surface area contributed by atoms with Crippen LogP contribution >= 0.6 is 0 Å². The minimum absolute atomic E-state index is 0.114. The summed E-state index contributed by atoms with van der Waals surface area (Å²) in [6.45, 7) is 3.89. The van der Waals surface area contributed by atoms with Crippen LogP contribution in [0, 0.1) is 10.1 Å². The van der Waals surface area contributed by atoms with Gasteiger partial charge in [0.15, 0.2) is 6.61 Å². The number of ether oxygens (including phenoxy) is 1. The first kappa shape index (κ1) is 18.1. The second kappa shape index (κ2) is 7.69. The highest BCUT2D eigenvalue weighted by Gasteiger charge is 2.32. The number of hydrogen-bond acceptors (Lipinski definition) is 6. The SMILES string of the molecule is CCCN(C(=O)CN1C(=O)COc2ccc([N+](=O)[O-])cc21)C1CCNC1. The van der Waals surface area contributed by atoms with Gasteiger partial charge in [0.05, 0.1) is 10.6 Å². The van der Waals surface area contributed by atoms with Crippen molar-refractivity contribution in [3.8, 4) is 5.75 Å². The minimum atomic E-state index is -0.535. The molecular weight excluding hydrogens is 340 g/mol. The van der Waals surface area contributed by atoms with Crippen LogP contribution in [0.5, 0.6) is 5.75 Å². The second-order valence-electron chi connectivity index (χ2n) is 6.41. The molecule has 9 heteroatoms. The zero-order chi connectivity index (χ0) is 18.7. The number of carbonyl (C=O) groups excluding carboxylic acids is 2. The molecular formula is C17H22N4O5. The molecule has 0 aromatic heterocycles. The number of carbonyl (C=O) groups is 2. The third-order valence-corrected chi connectivity index (χ3v) is 4.65. The molecule has 1 atom stereocenters. The number of rotatable bonds is 6. The predicted octanol–water partition coefficient (Wildman–Crippen LogP) is 0.921. The molecule has 1 fully saturated rings. The van der Waals surface area contributed by atoms with Gasteiger partial charge in [-0.15, -0.1) is 0 Å². The first-order chi connectivity index (χ1) is 12.5. The lowest BCUT2D eigenvalue weighted by Gasteiger charge is -2.33. The van der Waals surface area contributed by atoms with E-state index in [9.17, 15) is 19.7 Å². The molecule has 0 bridgehead atoms. The Morgan fingerprint density at radius 1 is 1.50 bits per heavy atom. The maximum atomic E-state index is 12.9. The van der Waals surface area contributed by atoms with E-state index < -0.39 is 4.92 Å². The standard InChI is InChI=1S/C17H22N4O5/c1-2-7-19(13-5-6-18-9-13)16(22)10-20-14-8-12(21(24)25)3-4-15(14)26-11-17(20)23/h3-4,8,13,18H,2,5-7,9-11H2,1H3. The number of nitro groups is 1. The molecule has 1 aromatic rings. The summed E-state index contributed by atoms with van der Waals surface area (Å²) < 4.78 is 5.34. The van der Waals surface area contributed by atoms with E-state index in [4.69, 9.17) is 4.74 Å². The molecule has 0 saturated carbocycles. The first-order valence-electron chi connectivity index (χ1n) is 8.73. The summed E-state index contributed by atoms with van der Waals surface area (Å²) in [5, 5.41) is 14.3. The van der Waals surface area contributed by atoms with Crippen molar-refractivity contribution in [2.75, 3.05) is 37.7 Å². The van der Waals surface area contributed by atoms with E-state index in [2.05, 4.69) is 5.32 Å². The smallest absolute Gasteiger partial charge is 0.271 e. The normalized spacial score (nSPS) is 19.0. The first-order valence-corrected chi connectivity index (χ1v) is 8.73. The maximum absolute atomic E-state index is 12.9. The van der Waals surface area contributed by atoms with Crippen LogP contribution < -0.4 is 15.0 Å². The van der Waals surface area contributed by atoms with Crippen molar-refractivity contribution < 1.29 is 19.2 Å². The Balaban J connectivity index is 1.84. The summed E-state index contributed by atoms with van der Waals surface area (Å²) >= 11 is 0. The topological polar surface area (TPSA) is 105 Å². The van der Waals surface area contributed by atoms with Gasteiger partial charge in [0, 0.05) is 31.3 Å². The van der Waals surface area contributed by atoms with Gasteiger partial charge in [0.1, 0.15) is 12.3 Å². The number of nitrogens with zero attached hydrogens (tertiary/aromatic N) is 3. The number of anilines is 1. The average molecular weight is 362 g/mol. The Kier molecular flexibility index (Phi) is 5.36. The van der Waals surface area contributed by atoms with Crippen molar-refractivity contribution in [2.45, 2.75) is 25.8 Å². The van der Waals surface area contributed by atoms with Crippen LogP contribution in [0.15, 0.2) is 18.2 Å². The molecule has 1 unspecified atom stereocenters. The number of hydrogen-bond donors (Lipinski definition) is 1. The Bertz CT molecular complexity index is 717. The van der Waals surface area contributed by atoms with E-state index in [1.165, 1.54) is 23.1 Å². The molecule has 0 radical (unpaired) electrons. The Morgan fingerprint density at radius 2 is 2.31 bits per heavy atom. The molecule has 2 amide bonds. The number of nitrogens with one attached hydrogen (secondary N) is 1. The van der Waals surface area contributed by atoms with Crippen LogP contribution in [-0.2, 0) is 9.59 Å².